The molecule has 3 rings (SSSR count). The lowest BCUT2D eigenvalue weighted by atomic mass is 10.0. The first kappa shape index (κ1) is 11.2. The fraction of sp³-hybridized carbons (Fsp3) is 0.538. The lowest BCUT2D eigenvalue weighted by Crippen LogP contribution is -2.51. The van der Waals surface area contributed by atoms with Crippen molar-refractivity contribution in [3.05, 3.63) is 35.9 Å². The first-order valence-electron chi connectivity index (χ1n) is 6.05. The van der Waals surface area contributed by atoms with Crippen LogP contribution in [0.1, 0.15) is 12.0 Å². The van der Waals surface area contributed by atoms with Gasteiger partial charge in [-0.25, -0.2) is 0 Å². The van der Waals surface area contributed by atoms with Crippen LogP contribution in [0.4, 0.5) is 0 Å². The zero-order valence-corrected chi connectivity index (χ0v) is 9.58. The van der Waals surface area contributed by atoms with Gasteiger partial charge in [-0.05, 0) is 12.0 Å². The van der Waals surface area contributed by atoms with Crippen molar-refractivity contribution in [2.75, 3.05) is 6.61 Å². The summed E-state index contributed by atoms with van der Waals surface area (Å²) >= 11 is 0. The minimum absolute atomic E-state index is 0.0569. The van der Waals surface area contributed by atoms with Crippen molar-refractivity contribution in [2.45, 2.75) is 37.5 Å². The van der Waals surface area contributed by atoms with Crippen LogP contribution in [0.2, 0.25) is 0 Å². The van der Waals surface area contributed by atoms with Crippen LogP contribution in [0, 0.1) is 0 Å². The molecular weight excluding hydrogens is 218 g/mol. The molecule has 0 amide bonds. The molecule has 17 heavy (non-hydrogen) atoms. The molecule has 0 spiro atoms. The van der Waals surface area contributed by atoms with Crippen molar-refractivity contribution in [2.24, 2.45) is 0 Å². The van der Waals surface area contributed by atoms with E-state index in [1.165, 1.54) is 5.56 Å². The van der Waals surface area contributed by atoms with E-state index in [0.29, 0.717) is 6.61 Å². The van der Waals surface area contributed by atoms with Crippen molar-refractivity contribution < 1.29 is 14.6 Å². The SMILES string of the molecule is O[C@@H]1[C@@H]2OC[C@H](C[C@H]1NCc1ccccc1)O2. The van der Waals surface area contributed by atoms with Crippen LogP contribution < -0.4 is 5.32 Å². The maximum atomic E-state index is 10.0. The van der Waals surface area contributed by atoms with Gasteiger partial charge in [-0.15, -0.1) is 0 Å². The van der Waals surface area contributed by atoms with Crippen LogP contribution in [0.3, 0.4) is 0 Å². The van der Waals surface area contributed by atoms with Crippen molar-refractivity contribution in [1.82, 2.24) is 5.32 Å². The summed E-state index contributed by atoms with van der Waals surface area (Å²) in [5, 5.41) is 13.4. The second kappa shape index (κ2) is 4.74. The van der Waals surface area contributed by atoms with Gasteiger partial charge in [0.15, 0.2) is 6.29 Å². The zero-order valence-electron chi connectivity index (χ0n) is 9.58. The lowest BCUT2D eigenvalue weighted by Gasteiger charge is -2.32. The Morgan fingerprint density at radius 3 is 2.94 bits per heavy atom. The molecule has 0 saturated carbocycles. The second-order valence-electron chi connectivity index (χ2n) is 4.66. The van der Waals surface area contributed by atoms with Crippen molar-refractivity contribution in [3.63, 3.8) is 0 Å². The highest BCUT2D eigenvalue weighted by molar-refractivity contribution is 5.14. The molecular formula is C13H17NO3. The number of benzene rings is 1. The maximum Gasteiger partial charge on any atom is 0.185 e. The highest BCUT2D eigenvalue weighted by Crippen LogP contribution is 2.27. The topological polar surface area (TPSA) is 50.7 Å². The minimum Gasteiger partial charge on any atom is -0.386 e. The summed E-state index contributed by atoms with van der Waals surface area (Å²) in [5.41, 5.74) is 1.22. The fourth-order valence-corrected chi connectivity index (χ4v) is 2.43. The van der Waals surface area contributed by atoms with E-state index in [4.69, 9.17) is 9.47 Å². The Morgan fingerprint density at radius 2 is 2.12 bits per heavy atom. The molecule has 1 aromatic rings. The first-order valence-corrected chi connectivity index (χ1v) is 6.05. The summed E-state index contributed by atoms with van der Waals surface area (Å²) < 4.78 is 10.8. The van der Waals surface area contributed by atoms with Crippen molar-refractivity contribution in [3.8, 4) is 0 Å². The van der Waals surface area contributed by atoms with Crippen LogP contribution in [0.15, 0.2) is 30.3 Å². The van der Waals surface area contributed by atoms with Gasteiger partial charge < -0.3 is 19.9 Å². The Hall–Kier alpha value is -0.940. The van der Waals surface area contributed by atoms with E-state index in [2.05, 4.69) is 17.4 Å². The van der Waals surface area contributed by atoms with Crippen LogP contribution in [0.25, 0.3) is 0 Å². The predicted molar refractivity (Wildman–Crippen MR) is 62.3 cm³/mol. The monoisotopic (exact) mass is 235 g/mol. The van der Waals surface area contributed by atoms with E-state index in [1.54, 1.807) is 0 Å². The summed E-state index contributed by atoms with van der Waals surface area (Å²) in [6.07, 6.45) is -0.0685. The number of hydrogen-bond donors (Lipinski definition) is 2. The molecule has 0 unspecified atom stereocenters. The third-order valence-corrected chi connectivity index (χ3v) is 3.39. The van der Waals surface area contributed by atoms with Gasteiger partial charge >= 0.3 is 0 Å². The average Bonchev–Trinajstić information content (AvgIpc) is 2.78. The number of aliphatic hydroxyl groups excluding tert-OH is 1. The Bertz CT molecular complexity index is 370. The predicted octanol–water partition coefficient (Wildman–Crippen LogP) is 0.651. The van der Waals surface area contributed by atoms with Crippen molar-refractivity contribution in [1.29, 1.82) is 0 Å². The van der Waals surface area contributed by atoms with E-state index in [-0.39, 0.29) is 12.1 Å². The van der Waals surface area contributed by atoms with E-state index < -0.39 is 12.4 Å². The smallest absolute Gasteiger partial charge is 0.185 e. The highest BCUT2D eigenvalue weighted by atomic mass is 16.7. The largest absolute Gasteiger partial charge is 0.386 e. The van der Waals surface area contributed by atoms with Gasteiger partial charge in [0, 0.05) is 12.6 Å². The normalized spacial score (nSPS) is 36.1. The number of ether oxygens (including phenoxy) is 2. The molecule has 2 N–H and O–H groups in total. The molecule has 2 saturated heterocycles. The molecule has 4 atom stereocenters. The molecule has 2 fully saturated rings. The van der Waals surface area contributed by atoms with Gasteiger partial charge in [-0.2, -0.15) is 0 Å². The van der Waals surface area contributed by atoms with Gasteiger partial charge in [-0.3, -0.25) is 0 Å². The summed E-state index contributed by atoms with van der Waals surface area (Å²) in [4.78, 5) is 0. The quantitative estimate of drug-likeness (QED) is 0.807. The lowest BCUT2D eigenvalue weighted by molar-refractivity contribution is -0.164. The van der Waals surface area contributed by atoms with E-state index in [9.17, 15) is 5.11 Å². The van der Waals surface area contributed by atoms with Crippen LogP contribution >= 0.6 is 0 Å². The third-order valence-electron chi connectivity index (χ3n) is 3.39. The highest BCUT2D eigenvalue weighted by Gasteiger charge is 2.42. The van der Waals surface area contributed by atoms with E-state index in [0.717, 1.165) is 13.0 Å². The Kier molecular flexibility index (Phi) is 3.11. The molecule has 4 nitrogen and oxygen atoms in total. The molecule has 0 aliphatic carbocycles. The Balaban J connectivity index is 1.58. The Labute approximate surface area is 101 Å². The maximum absolute atomic E-state index is 10.0. The molecule has 92 valence electrons. The number of nitrogens with one attached hydrogen (secondary N) is 1. The average molecular weight is 235 g/mol. The molecule has 0 aromatic heterocycles. The molecule has 2 aliphatic heterocycles. The van der Waals surface area contributed by atoms with Gasteiger partial charge in [0.05, 0.1) is 12.7 Å². The van der Waals surface area contributed by atoms with E-state index >= 15 is 0 Å². The summed E-state index contributed by atoms with van der Waals surface area (Å²) in [5.74, 6) is 0. The molecule has 2 bridgehead atoms. The van der Waals surface area contributed by atoms with Crippen molar-refractivity contribution >= 4 is 0 Å². The molecule has 1 aromatic carbocycles. The number of aliphatic hydroxyl groups is 1. The summed E-state index contributed by atoms with van der Waals surface area (Å²) in [6, 6.07) is 10.2. The van der Waals surface area contributed by atoms with Gasteiger partial charge in [0.1, 0.15) is 6.10 Å². The van der Waals surface area contributed by atoms with Crippen LogP contribution in [-0.4, -0.2) is 36.3 Å². The minimum atomic E-state index is -0.572. The first-order chi connectivity index (χ1) is 8.33. The molecule has 2 aliphatic rings. The molecule has 0 radical (unpaired) electrons. The zero-order chi connectivity index (χ0) is 11.7. The summed E-state index contributed by atoms with van der Waals surface area (Å²) in [6.45, 7) is 1.37. The number of hydrogen-bond acceptors (Lipinski definition) is 4. The van der Waals surface area contributed by atoms with Gasteiger partial charge in [0.2, 0.25) is 0 Å². The summed E-state index contributed by atoms with van der Waals surface area (Å²) in [7, 11) is 0. The van der Waals surface area contributed by atoms with E-state index in [1.807, 2.05) is 18.2 Å². The standard InChI is InChI=1S/C13H17NO3/c15-12-11(6-10-8-16-13(12)17-10)14-7-9-4-2-1-3-5-9/h1-5,10-15H,6-8H2/t10-,11+,12-,13+/m0/s1. The van der Waals surface area contributed by atoms with Crippen LogP contribution in [-0.2, 0) is 16.0 Å². The van der Waals surface area contributed by atoms with Gasteiger partial charge in [-0.1, -0.05) is 30.3 Å². The molecule has 2 heterocycles. The third kappa shape index (κ3) is 2.35. The fourth-order valence-electron chi connectivity index (χ4n) is 2.43. The van der Waals surface area contributed by atoms with Gasteiger partial charge in [0.25, 0.3) is 0 Å². The second-order valence-corrected chi connectivity index (χ2v) is 4.66. The Morgan fingerprint density at radius 1 is 1.29 bits per heavy atom. The number of fused-ring (bicyclic) bond motifs is 2. The number of rotatable bonds is 3. The molecule has 4 heteroatoms. The van der Waals surface area contributed by atoms with Crippen LogP contribution in [0.5, 0.6) is 0 Å².